The largest absolute Gasteiger partial charge is 0.481 e. The van der Waals surface area contributed by atoms with Gasteiger partial charge in [0.1, 0.15) is 18.6 Å². The highest BCUT2D eigenvalue weighted by Gasteiger charge is 2.42. The summed E-state index contributed by atoms with van der Waals surface area (Å²) in [5.41, 5.74) is 4.43. The Kier molecular flexibility index (Phi) is 7.37. The molecule has 3 atom stereocenters. The lowest BCUT2D eigenvalue weighted by molar-refractivity contribution is -0.144. The van der Waals surface area contributed by atoms with Crippen LogP contribution in [0, 0.1) is 17.8 Å². The Morgan fingerprint density at radius 2 is 1.71 bits per heavy atom. The molecule has 8 nitrogen and oxygen atoms in total. The molecule has 2 aromatic carbocycles. The minimum absolute atomic E-state index is 0.00902. The van der Waals surface area contributed by atoms with Crippen LogP contribution in [0.5, 0.6) is 0 Å². The van der Waals surface area contributed by atoms with Gasteiger partial charge in [0.15, 0.2) is 0 Å². The maximum atomic E-state index is 13.1. The highest BCUT2D eigenvalue weighted by Crippen LogP contribution is 2.44. The van der Waals surface area contributed by atoms with Crippen LogP contribution in [0.15, 0.2) is 48.5 Å². The number of carbonyl (C=O) groups is 3. The fourth-order valence-electron chi connectivity index (χ4n) is 4.84. The molecule has 1 aliphatic carbocycles. The number of alkyl carbamates (subject to hydrolysis) is 1. The molecule has 0 spiro atoms. The van der Waals surface area contributed by atoms with Crippen molar-refractivity contribution in [1.82, 2.24) is 10.2 Å². The molecule has 1 saturated heterocycles. The number of methoxy groups -OCH3 is 1. The molecule has 2 aromatic rings. The highest BCUT2D eigenvalue weighted by molar-refractivity contribution is 5.87. The van der Waals surface area contributed by atoms with Crippen LogP contribution >= 0.6 is 0 Å². The first-order chi connectivity index (χ1) is 16.9. The summed E-state index contributed by atoms with van der Waals surface area (Å²) < 4.78 is 10.8. The number of ether oxygens (including phenoxy) is 2. The molecule has 35 heavy (non-hydrogen) atoms. The molecule has 182 valence electrons. The second-order valence-electron chi connectivity index (χ2n) is 8.62. The number of rotatable bonds is 7. The monoisotopic (exact) mass is 476 g/mol. The molecule has 4 rings (SSSR count). The second-order valence-corrected chi connectivity index (χ2v) is 8.62. The lowest BCUT2D eigenvalue weighted by Gasteiger charge is -2.23. The van der Waals surface area contributed by atoms with Gasteiger partial charge in [-0.05, 0) is 29.2 Å². The van der Waals surface area contributed by atoms with E-state index in [1.54, 1.807) is 6.92 Å². The van der Waals surface area contributed by atoms with E-state index in [1.165, 1.54) is 12.0 Å². The summed E-state index contributed by atoms with van der Waals surface area (Å²) >= 11 is 0. The van der Waals surface area contributed by atoms with E-state index in [2.05, 4.69) is 29.3 Å². The predicted molar refractivity (Wildman–Crippen MR) is 129 cm³/mol. The third-order valence-electron chi connectivity index (χ3n) is 6.61. The van der Waals surface area contributed by atoms with Crippen LogP contribution in [-0.2, 0) is 19.1 Å². The first-order valence-corrected chi connectivity index (χ1v) is 11.5. The standard InChI is InChI=1S/C27H28N2O6/c1-3-4-13-23(25(30)29-14-21(26(31)32)24(15-29)34-2)28-27(33)35-16-22-19-11-7-5-9-17(19)18-10-6-8-12-20(18)22/h5-12,21-24H,13-16H2,1-2H3,(H,28,33)(H,31,32). The summed E-state index contributed by atoms with van der Waals surface area (Å²) in [5.74, 6) is 3.19. The van der Waals surface area contributed by atoms with Gasteiger partial charge in [-0.3, -0.25) is 9.59 Å². The molecule has 2 N–H and O–H groups in total. The highest BCUT2D eigenvalue weighted by atomic mass is 16.5. The third-order valence-corrected chi connectivity index (χ3v) is 6.61. The molecule has 8 heteroatoms. The van der Waals surface area contributed by atoms with Crippen molar-refractivity contribution in [3.63, 3.8) is 0 Å². The average Bonchev–Trinajstić information content (AvgIpc) is 3.45. The van der Waals surface area contributed by atoms with E-state index in [4.69, 9.17) is 9.47 Å². The van der Waals surface area contributed by atoms with Gasteiger partial charge in [-0.2, -0.15) is 0 Å². The molecule has 0 saturated carbocycles. The van der Waals surface area contributed by atoms with Gasteiger partial charge in [0.25, 0.3) is 0 Å². The number of carbonyl (C=O) groups excluding carboxylic acids is 2. The van der Waals surface area contributed by atoms with E-state index in [9.17, 15) is 19.5 Å². The number of aliphatic carboxylic acids is 1. The minimum Gasteiger partial charge on any atom is -0.481 e. The zero-order valence-corrected chi connectivity index (χ0v) is 19.7. The number of amides is 2. The number of carboxylic acid groups (broad SMARTS) is 1. The number of carboxylic acids is 1. The Labute approximate surface area is 204 Å². The topological polar surface area (TPSA) is 105 Å². The Bertz CT molecular complexity index is 1140. The molecule has 0 radical (unpaired) electrons. The second kappa shape index (κ2) is 10.6. The lowest BCUT2D eigenvalue weighted by Crippen LogP contribution is -2.48. The van der Waals surface area contributed by atoms with Gasteiger partial charge < -0.3 is 24.8 Å². The van der Waals surface area contributed by atoms with E-state index < -0.39 is 36.0 Å². The van der Waals surface area contributed by atoms with Crippen LogP contribution in [0.3, 0.4) is 0 Å². The molecule has 0 bridgehead atoms. The van der Waals surface area contributed by atoms with E-state index in [0.717, 1.165) is 22.3 Å². The number of hydrogen-bond donors (Lipinski definition) is 2. The molecular formula is C27H28N2O6. The Hall–Kier alpha value is -3.83. The maximum absolute atomic E-state index is 13.1. The first kappa shape index (κ1) is 24.3. The normalized spacial score (nSPS) is 19.2. The molecule has 1 aliphatic heterocycles. The van der Waals surface area contributed by atoms with Gasteiger partial charge in [0.05, 0.1) is 6.10 Å². The van der Waals surface area contributed by atoms with Crippen LogP contribution in [0.25, 0.3) is 11.1 Å². The summed E-state index contributed by atoms with van der Waals surface area (Å²) in [4.78, 5) is 38.8. The summed E-state index contributed by atoms with van der Waals surface area (Å²) in [6.45, 7) is 1.91. The Morgan fingerprint density at radius 1 is 1.09 bits per heavy atom. The number of benzene rings is 2. The molecule has 3 unspecified atom stereocenters. The van der Waals surface area contributed by atoms with Crippen molar-refractivity contribution in [1.29, 1.82) is 0 Å². The van der Waals surface area contributed by atoms with Gasteiger partial charge >= 0.3 is 12.1 Å². The van der Waals surface area contributed by atoms with E-state index in [1.807, 2.05) is 36.4 Å². The number of hydrogen-bond acceptors (Lipinski definition) is 5. The zero-order valence-electron chi connectivity index (χ0n) is 19.7. The van der Waals surface area contributed by atoms with Gasteiger partial charge in [-0.1, -0.05) is 48.5 Å². The quantitative estimate of drug-likeness (QED) is 0.596. The van der Waals surface area contributed by atoms with Gasteiger partial charge in [0.2, 0.25) is 5.91 Å². The smallest absolute Gasteiger partial charge is 0.407 e. The minimum atomic E-state index is -1.03. The van der Waals surface area contributed by atoms with Crippen molar-refractivity contribution in [2.24, 2.45) is 5.92 Å². The molecule has 2 aliphatic rings. The van der Waals surface area contributed by atoms with E-state index in [0.29, 0.717) is 0 Å². The van der Waals surface area contributed by atoms with Gasteiger partial charge in [-0.15, -0.1) is 11.8 Å². The van der Waals surface area contributed by atoms with Gasteiger partial charge in [-0.25, -0.2) is 4.79 Å². The number of likely N-dealkylation sites (tertiary alicyclic amines) is 1. The fourth-order valence-corrected chi connectivity index (χ4v) is 4.84. The van der Waals surface area contributed by atoms with Crippen LogP contribution in [0.2, 0.25) is 0 Å². The fraction of sp³-hybridized carbons (Fsp3) is 0.370. The van der Waals surface area contributed by atoms with Crippen LogP contribution in [-0.4, -0.2) is 66.9 Å². The van der Waals surface area contributed by atoms with E-state index >= 15 is 0 Å². The molecule has 0 aromatic heterocycles. The van der Waals surface area contributed by atoms with Crippen molar-refractivity contribution >= 4 is 18.0 Å². The molecule has 1 heterocycles. The maximum Gasteiger partial charge on any atom is 0.407 e. The number of fused-ring (bicyclic) bond motifs is 3. The lowest BCUT2D eigenvalue weighted by atomic mass is 9.98. The molecule has 2 amide bonds. The van der Waals surface area contributed by atoms with Crippen LogP contribution in [0.1, 0.15) is 30.4 Å². The summed E-state index contributed by atoms with van der Waals surface area (Å²) in [7, 11) is 1.42. The molecular weight excluding hydrogens is 448 g/mol. The summed E-state index contributed by atoms with van der Waals surface area (Å²) in [6, 6.07) is 15.1. The van der Waals surface area contributed by atoms with Crippen molar-refractivity contribution < 1.29 is 29.0 Å². The van der Waals surface area contributed by atoms with Crippen molar-refractivity contribution in [3.05, 3.63) is 59.7 Å². The van der Waals surface area contributed by atoms with Crippen LogP contribution in [0.4, 0.5) is 4.79 Å². The third kappa shape index (κ3) is 5.00. The van der Waals surface area contributed by atoms with E-state index in [-0.39, 0.29) is 32.0 Å². The Balaban J connectivity index is 1.43. The van der Waals surface area contributed by atoms with Crippen molar-refractivity contribution in [2.45, 2.75) is 31.4 Å². The number of nitrogens with zero attached hydrogens (tertiary/aromatic N) is 1. The van der Waals surface area contributed by atoms with Gasteiger partial charge in [0, 0.05) is 32.5 Å². The summed E-state index contributed by atoms with van der Waals surface area (Å²) in [6.07, 6.45) is -1.24. The number of nitrogens with one attached hydrogen (secondary N) is 1. The molecule has 1 fully saturated rings. The van der Waals surface area contributed by atoms with Crippen molar-refractivity contribution in [3.8, 4) is 23.0 Å². The average molecular weight is 477 g/mol. The first-order valence-electron chi connectivity index (χ1n) is 11.5. The summed E-state index contributed by atoms with van der Waals surface area (Å²) in [5, 5.41) is 12.1. The zero-order chi connectivity index (χ0) is 24.9. The van der Waals surface area contributed by atoms with Crippen LogP contribution < -0.4 is 5.32 Å². The Morgan fingerprint density at radius 3 is 2.26 bits per heavy atom. The van der Waals surface area contributed by atoms with Crippen molar-refractivity contribution in [2.75, 3.05) is 26.8 Å². The predicted octanol–water partition coefficient (Wildman–Crippen LogP) is 2.87. The SMILES string of the molecule is CC#CCC(NC(=O)OCC1c2ccccc2-c2ccccc21)C(=O)N1CC(OC)C(C(=O)O)C1.